The maximum absolute atomic E-state index is 13.0. The highest BCUT2D eigenvalue weighted by Crippen LogP contribution is 2.30. The van der Waals surface area contributed by atoms with Gasteiger partial charge in [0.2, 0.25) is 0 Å². The van der Waals surface area contributed by atoms with Gasteiger partial charge in [0.15, 0.2) is 5.78 Å². The van der Waals surface area contributed by atoms with Gasteiger partial charge in [-0.2, -0.15) is 0 Å². The summed E-state index contributed by atoms with van der Waals surface area (Å²) in [5, 5.41) is 1.40. The Balaban J connectivity index is 1.89. The number of carbonyl (C=O) groups is 1. The van der Waals surface area contributed by atoms with Gasteiger partial charge in [0.1, 0.15) is 16.7 Å². The largest absolute Gasteiger partial charge is 0.293 e. The number of halogens is 1. The van der Waals surface area contributed by atoms with E-state index in [4.69, 9.17) is 0 Å². The molecule has 0 bridgehead atoms. The summed E-state index contributed by atoms with van der Waals surface area (Å²) in [6.45, 7) is 3.67. The minimum Gasteiger partial charge on any atom is -0.293 e. The third-order valence-corrected chi connectivity index (χ3v) is 4.57. The van der Waals surface area contributed by atoms with Gasteiger partial charge in [0, 0.05) is 10.9 Å². The Morgan fingerprint density at radius 1 is 1.09 bits per heavy atom. The number of ketones is 1. The Bertz CT molecular complexity index is 865. The lowest BCUT2D eigenvalue weighted by atomic mass is 10.1. The number of aryl methyl sites for hydroxylation is 1. The van der Waals surface area contributed by atoms with Gasteiger partial charge < -0.3 is 0 Å². The van der Waals surface area contributed by atoms with Crippen molar-refractivity contribution in [3.05, 3.63) is 65.7 Å². The maximum Gasteiger partial charge on any atom is 0.175 e. The number of Topliss-reactive ketones (excluding diaryl/α,β-unsaturated/α-hetero) is 1. The molecule has 116 valence electrons. The molecule has 0 N–H and O–H groups in total. The highest BCUT2D eigenvalue weighted by molar-refractivity contribution is 8.00. The zero-order chi connectivity index (χ0) is 16.4. The van der Waals surface area contributed by atoms with Gasteiger partial charge in [-0.25, -0.2) is 14.4 Å². The van der Waals surface area contributed by atoms with Crippen molar-refractivity contribution in [1.29, 1.82) is 0 Å². The van der Waals surface area contributed by atoms with Crippen LogP contribution in [0.2, 0.25) is 0 Å². The van der Waals surface area contributed by atoms with Gasteiger partial charge in [-0.3, -0.25) is 4.79 Å². The summed E-state index contributed by atoms with van der Waals surface area (Å²) < 4.78 is 13.0. The molecule has 1 heterocycles. The zero-order valence-electron chi connectivity index (χ0n) is 12.8. The molecule has 0 fully saturated rings. The van der Waals surface area contributed by atoms with Crippen molar-refractivity contribution in [3.63, 3.8) is 0 Å². The highest BCUT2D eigenvalue weighted by atomic mass is 32.2. The second-order valence-corrected chi connectivity index (χ2v) is 6.55. The van der Waals surface area contributed by atoms with E-state index in [0.29, 0.717) is 11.4 Å². The van der Waals surface area contributed by atoms with E-state index in [2.05, 4.69) is 9.97 Å². The number of hydrogen-bond acceptors (Lipinski definition) is 4. The van der Waals surface area contributed by atoms with Crippen LogP contribution in [0, 0.1) is 12.7 Å². The molecule has 0 saturated heterocycles. The Labute approximate surface area is 138 Å². The van der Waals surface area contributed by atoms with Crippen molar-refractivity contribution in [3.8, 4) is 0 Å². The van der Waals surface area contributed by atoms with Gasteiger partial charge in [-0.05, 0) is 44.2 Å². The first-order valence-electron chi connectivity index (χ1n) is 7.24. The number of carbonyl (C=O) groups excluding carboxylic acids is 1. The van der Waals surface area contributed by atoms with Gasteiger partial charge in [-0.1, -0.05) is 30.0 Å². The van der Waals surface area contributed by atoms with Crippen molar-refractivity contribution < 1.29 is 9.18 Å². The normalized spacial score (nSPS) is 12.3. The van der Waals surface area contributed by atoms with Crippen molar-refractivity contribution in [2.24, 2.45) is 0 Å². The van der Waals surface area contributed by atoms with E-state index >= 15 is 0 Å². The van der Waals surface area contributed by atoms with Crippen LogP contribution in [0.1, 0.15) is 23.1 Å². The molecular formula is C18H15FN2OS. The minimum atomic E-state index is -0.348. The van der Waals surface area contributed by atoms with Crippen LogP contribution in [0.25, 0.3) is 10.9 Å². The molecule has 0 aliphatic rings. The molecule has 0 saturated carbocycles. The van der Waals surface area contributed by atoms with Crippen LogP contribution in [-0.4, -0.2) is 21.0 Å². The smallest absolute Gasteiger partial charge is 0.175 e. The third kappa shape index (κ3) is 3.40. The number of hydrogen-bond donors (Lipinski definition) is 0. The molecule has 0 radical (unpaired) electrons. The highest BCUT2D eigenvalue weighted by Gasteiger charge is 2.19. The predicted octanol–water partition coefficient (Wildman–Crippen LogP) is 4.44. The van der Waals surface area contributed by atoms with Crippen LogP contribution >= 0.6 is 11.8 Å². The SMILES string of the molecule is Cc1nc(S[C@@H](C)C(=O)c2ccc(F)cc2)c2ccccc2n1. The zero-order valence-corrected chi connectivity index (χ0v) is 13.6. The summed E-state index contributed by atoms with van der Waals surface area (Å²) in [5.41, 5.74) is 1.37. The number of fused-ring (bicyclic) bond motifs is 1. The summed E-state index contributed by atoms with van der Waals surface area (Å²) in [6, 6.07) is 13.4. The van der Waals surface area contributed by atoms with E-state index in [-0.39, 0.29) is 16.9 Å². The molecule has 3 aromatic rings. The molecule has 0 unspecified atom stereocenters. The second-order valence-electron chi connectivity index (χ2n) is 5.22. The van der Waals surface area contributed by atoms with Crippen molar-refractivity contribution >= 4 is 28.4 Å². The molecule has 1 atom stereocenters. The first kappa shape index (κ1) is 15.6. The van der Waals surface area contributed by atoms with Crippen molar-refractivity contribution in [2.75, 3.05) is 0 Å². The number of benzene rings is 2. The van der Waals surface area contributed by atoms with Crippen LogP contribution in [0.4, 0.5) is 4.39 Å². The molecular weight excluding hydrogens is 311 g/mol. The number of nitrogens with zero attached hydrogens (tertiary/aromatic N) is 2. The standard InChI is InChI=1S/C18H15FN2OS/c1-11(17(22)13-7-9-14(19)10-8-13)23-18-15-5-3-4-6-16(15)20-12(2)21-18/h3-11H,1-2H3/t11-/m0/s1. The molecule has 0 aliphatic heterocycles. The first-order valence-corrected chi connectivity index (χ1v) is 8.12. The Morgan fingerprint density at radius 3 is 2.52 bits per heavy atom. The van der Waals surface area contributed by atoms with Gasteiger partial charge in [-0.15, -0.1) is 0 Å². The number of rotatable bonds is 4. The maximum atomic E-state index is 13.0. The van der Waals surface area contributed by atoms with Crippen LogP contribution in [0.3, 0.4) is 0 Å². The summed E-state index contributed by atoms with van der Waals surface area (Å²) in [6.07, 6.45) is 0. The number of para-hydroxylation sites is 1. The fourth-order valence-electron chi connectivity index (χ4n) is 2.32. The Hall–Kier alpha value is -2.27. The quantitative estimate of drug-likeness (QED) is 0.404. The predicted molar refractivity (Wildman–Crippen MR) is 90.3 cm³/mol. The van der Waals surface area contributed by atoms with E-state index in [1.165, 1.54) is 36.0 Å². The lowest BCUT2D eigenvalue weighted by Crippen LogP contribution is -2.14. The first-order chi connectivity index (χ1) is 11.0. The monoisotopic (exact) mass is 326 g/mol. The second kappa shape index (κ2) is 6.46. The van der Waals surface area contributed by atoms with E-state index in [1.54, 1.807) is 0 Å². The molecule has 3 rings (SSSR count). The fourth-order valence-corrected chi connectivity index (χ4v) is 3.38. The average Bonchev–Trinajstić information content (AvgIpc) is 2.54. The Morgan fingerprint density at radius 2 is 1.78 bits per heavy atom. The van der Waals surface area contributed by atoms with E-state index in [1.807, 2.05) is 38.1 Å². The summed E-state index contributed by atoms with van der Waals surface area (Å²) in [4.78, 5) is 21.4. The van der Waals surface area contributed by atoms with Crippen LogP contribution in [0.5, 0.6) is 0 Å². The van der Waals surface area contributed by atoms with Gasteiger partial charge >= 0.3 is 0 Å². The van der Waals surface area contributed by atoms with E-state index < -0.39 is 0 Å². The van der Waals surface area contributed by atoms with Crippen LogP contribution in [-0.2, 0) is 0 Å². The molecule has 1 aromatic heterocycles. The average molecular weight is 326 g/mol. The summed E-state index contributed by atoms with van der Waals surface area (Å²) >= 11 is 1.40. The lowest BCUT2D eigenvalue weighted by Gasteiger charge is -2.12. The van der Waals surface area contributed by atoms with Crippen LogP contribution in [0.15, 0.2) is 53.6 Å². The molecule has 0 amide bonds. The molecule has 23 heavy (non-hydrogen) atoms. The van der Waals surface area contributed by atoms with E-state index in [9.17, 15) is 9.18 Å². The van der Waals surface area contributed by atoms with Crippen molar-refractivity contribution in [2.45, 2.75) is 24.1 Å². The number of thioether (sulfide) groups is 1. The molecule has 0 aliphatic carbocycles. The molecule has 0 spiro atoms. The number of aromatic nitrogens is 2. The van der Waals surface area contributed by atoms with Gasteiger partial charge in [0.25, 0.3) is 0 Å². The van der Waals surface area contributed by atoms with Gasteiger partial charge in [0.05, 0.1) is 10.8 Å². The molecule has 2 aromatic carbocycles. The summed E-state index contributed by atoms with van der Waals surface area (Å²) in [5.74, 6) is 0.280. The minimum absolute atomic E-state index is 0.0460. The lowest BCUT2D eigenvalue weighted by molar-refractivity contribution is 0.0994. The third-order valence-electron chi connectivity index (χ3n) is 3.47. The van der Waals surface area contributed by atoms with Crippen LogP contribution < -0.4 is 0 Å². The molecule has 3 nitrogen and oxygen atoms in total. The molecule has 5 heteroatoms. The van der Waals surface area contributed by atoms with E-state index in [0.717, 1.165) is 15.9 Å². The Kier molecular flexibility index (Phi) is 4.39. The topological polar surface area (TPSA) is 42.9 Å². The summed E-state index contributed by atoms with van der Waals surface area (Å²) in [7, 11) is 0. The fraction of sp³-hybridized carbons (Fsp3) is 0.167. The van der Waals surface area contributed by atoms with Crippen molar-refractivity contribution in [1.82, 2.24) is 9.97 Å².